The van der Waals surface area contributed by atoms with Gasteiger partial charge in [0.05, 0.1) is 0 Å². The zero-order chi connectivity index (χ0) is 108. The molecule has 0 aromatic rings. The summed E-state index contributed by atoms with van der Waals surface area (Å²) >= 11 is 0. The third-order valence-electron chi connectivity index (χ3n) is 27.0. The van der Waals surface area contributed by atoms with Crippen molar-refractivity contribution in [1.29, 1.82) is 0 Å². The van der Waals surface area contributed by atoms with E-state index in [4.69, 9.17) is 51.6 Å². The molecule has 832 valence electrons. The van der Waals surface area contributed by atoms with Gasteiger partial charge in [-0.15, -0.1) is 0 Å². The van der Waals surface area contributed by atoms with E-state index in [0.29, 0.717) is 116 Å². The van der Waals surface area contributed by atoms with E-state index in [2.05, 4.69) is 92.6 Å². The van der Waals surface area contributed by atoms with Crippen molar-refractivity contribution in [3.8, 4) is 0 Å². The largest absolute Gasteiger partial charge is 0.370 e. The lowest BCUT2D eigenvalue weighted by molar-refractivity contribution is -0.148. The van der Waals surface area contributed by atoms with Gasteiger partial charge < -0.3 is 125 Å². The van der Waals surface area contributed by atoms with E-state index in [9.17, 15) is 71.9 Å². The van der Waals surface area contributed by atoms with Gasteiger partial charge in [-0.25, -0.2) is 0 Å². The van der Waals surface area contributed by atoms with E-state index in [1.807, 2.05) is 20.8 Å². The number of hydrogen-bond acceptors (Lipinski definition) is 20. The van der Waals surface area contributed by atoms with Crippen LogP contribution in [0.2, 0.25) is 0 Å². The van der Waals surface area contributed by atoms with Crippen molar-refractivity contribution >= 4 is 106 Å². The number of rotatable bonds is 86. The van der Waals surface area contributed by atoms with Crippen molar-refractivity contribution in [3.63, 3.8) is 0 Å². The lowest BCUT2D eigenvalue weighted by Gasteiger charge is -2.33. The molecule has 2 rings (SSSR count). The normalized spacial score (nSPS) is 15.7. The second-order valence-electron chi connectivity index (χ2n) is 40.6. The van der Waals surface area contributed by atoms with Gasteiger partial charge in [-0.3, -0.25) is 86.9 Å². The van der Waals surface area contributed by atoms with Crippen LogP contribution in [0.3, 0.4) is 0 Å². The first-order valence-corrected chi connectivity index (χ1v) is 55.5. The van der Waals surface area contributed by atoms with Crippen molar-refractivity contribution in [3.05, 3.63) is 0 Å². The molecule has 0 aromatic carbocycles. The predicted octanol–water partition coefficient (Wildman–Crippen LogP) is 6.41. The Morgan fingerprint density at radius 1 is 0.317 bits per heavy atom. The molecule has 2 aliphatic rings. The van der Waals surface area contributed by atoms with Crippen molar-refractivity contribution in [2.75, 3.05) is 58.9 Å². The number of nitrogens with zero attached hydrogens (tertiary/aromatic N) is 5. The molecule has 13 atom stereocenters. The summed E-state index contributed by atoms with van der Waals surface area (Å²) in [5.41, 5.74) is 51.4. The molecule has 15 amide bonds. The third kappa shape index (κ3) is 59.4. The Kier molecular flexibility index (Phi) is 72.1. The summed E-state index contributed by atoms with van der Waals surface area (Å²) in [5, 5.41) is 34.1. The fourth-order valence-electron chi connectivity index (χ4n) is 18.1. The molecule has 0 spiro atoms. The molecule has 0 radical (unpaired) electrons. The summed E-state index contributed by atoms with van der Waals surface area (Å²) in [6.45, 7) is 18.2. The van der Waals surface area contributed by atoms with Crippen LogP contribution in [0.4, 0.5) is 0 Å². The van der Waals surface area contributed by atoms with Crippen molar-refractivity contribution in [2.45, 2.75) is 475 Å². The minimum atomic E-state index is -1.42. The summed E-state index contributed by atoms with van der Waals surface area (Å²) in [4.78, 5) is 227. The van der Waals surface area contributed by atoms with E-state index in [1.54, 1.807) is 20.8 Å². The van der Waals surface area contributed by atoms with Gasteiger partial charge in [0.25, 0.3) is 0 Å². The number of amides is 15. The number of nitrogens with one attached hydrogen (secondary N) is 12. The molecule has 2 heterocycles. The number of aliphatic imine (C=N–C) groups is 3. The van der Waals surface area contributed by atoms with Crippen molar-refractivity contribution in [2.24, 2.45) is 84.3 Å². The highest BCUT2D eigenvalue weighted by Crippen LogP contribution is 2.28. The van der Waals surface area contributed by atoms with E-state index >= 15 is 0 Å². The van der Waals surface area contributed by atoms with Crippen LogP contribution in [0, 0.1) is 17.8 Å². The monoisotopic (exact) mass is 2050 g/mol. The molecule has 0 bridgehead atoms. The Morgan fingerprint density at radius 3 is 1.10 bits per heavy atom. The third-order valence-corrected chi connectivity index (χ3v) is 27.0. The molecule has 2 saturated heterocycles. The fraction of sp³-hybridized carbons (Fsp3) is 0.827. The summed E-state index contributed by atoms with van der Waals surface area (Å²) in [5.74, 6) is -10.5. The Morgan fingerprint density at radius 2 is 0.669 bits per heavy atom. The van der Waals surface area contributed by atoms with Crippen molar-refractivity contribution < 1.29 is 71.9 Å². The van der Waals surface area contributed by atoms with Crippen LogP contribution >= 0.6 is 0 Å². The highest BCUT2D eigenvalue weighted by Gasteiger charge is 2.45. The standard InChI is InChI=1S/C104H196N26O15/c1-10-13-15-17-19-21-23-25-27-29-31-33-36-59-85(131)114-64-45-41-53-77(120-86(132)60-37-34-32-30-28-26-24-22-20-18-16-14-11-2)93(137)122-78(52-40-43-63-106)94(138)121-76(51-39-42-62-105)92(136)115-65-44-35-38-61-87(133)127-89(74(8)12-3)99(143)124-79(54-46-66-116-102(108)109)95(139)123-80(55-47-67-117-103(110)111)96(140)128-88(73(6)7)98(142)119-75(9)91(135)125-81(56-48-68-118-104(112)113)100(144)130-70-50-58-84(130)101(145)129-69-49-57-83(129)97(141)126-82(90(107)134)71-72(4)5/h72-84,88-89H,10-71,105-106H2,1-9H3,(H2,107,134)(H,114,131)(H,115,136)(H,119,142)(H,120,132)(H,121,138)(H,122,137)(H,123,139)(H,124,143)(H,125,135)(H,126,141)(H,127,133)(H,128,140)(H4,108,109,116)(H4,110,111,117)(H4,112,113,118)/t74?,75-,76-,77-,78-,79-,80-,81-,82-,83?,84?,88-,89-/m0/s1. The molecular weight excluding hydrogens is 1850 g/mol. The highest BCUT2D eigenvalue weighted by molar-refractivity contribution is 6.00. The molecule has 41 heteroatoms. The number of likely N-dealkylation sites (tertiary alicyclic amines) is 2. The Labute approximate surface area is 866 Å². The first-order chi connectivity index (χ1) is 69.4. The van der Waals surface area contributed by atoms with Gasteiger partial charge in [-0.05, 0) is 192 Å². The maximum absolute atomic E-state index is 14.8. The average Bonchev–Trinajstić information content (AvgIpc) is 1.66. The van der Waals surface area contributed by atoms with Crippen LogP contribution in [0.15, 0.2) is 15.0 Å². The summed E-state index contributed by atoms with van der Waals surface area (Å²) in [6.07, 6.45) is 39.0. The molecule has 145 heavy (non-hydrogen) atoms. The van der Waals surface area contributed by atoms with Gasteiger partial charge in [0.15, 0.2) is 17.9 Å². The molecule has 2 aliphatic heterocycles. The van der Waals surface area contributed by atoms with Crippen LogP contribution in [0.25, 0.3) is 0 Å². The van der Waals surface area contributed by atoms with Crippen molar-refractivity contribution in [1.82, 2.24) is 73.6 Å². The van der Waals surface area contributed by atoms with Crippen LogP contribution in [0.1, 0.15) is 403 Å². The number of carbonyl (C=O) groups excluding carboxylic acids is 15. The molecule has 30 N–H and O–H groups in total. The fourth-order valence-corrected chi connectivity index (χ4v) is 18.1. The van der Waals surface area contributed by atoms with E-state index < -0.39 is 161 Å². The van der Waals surface area contributed by atoms with Crippen LogP contribution in [-0.2, 0) is 71.9 Å². The van der Waals surface area contributed by atoms with E-state index in [-0.39, 0.29) is 158 Å². The Hall–Kier alpha value is -10.2. The lowest BCUT2D eigenvalue weighted by atomic mass is 9.97. The minimum Gasteiger partial charge on any atom is -0.370 e. The zero-order valence-corrected chi connectivity index (χ0v) is 90.1. The number of hydrogen-bond donors (Lipinski definition) is 21. The Bertz CT molecular complexity index is 3850. The SMILES string of the molecule is CCCCCCCCCCCCCCCC(=O)NCCCC[C@H](NC(=O)CCCCCCCCCCCCCCC)C(=O)N[C@@H](CCCCN)C(=O)N[C@@H](CCCCN)C(=O)NCCCCCC(=O)N[C@H](C(=O)N[C@@H](CCCN=C(N)N)C(=O)N[C@@H](CCCN=C(N)N)C(=O)N[C@H](C(=O)N[C@@H](C)C(=O)N[C@@H](CCCN=C(N)N)C(=O)N1CCCC1C(=O)N1CCCC1C(=O)N[C@@H](CC(C)C)C(N)=O)C(C)C)C(C)CC. The summed E-state index contributed by atoms with van der Waals surface area (Å²) in [6, 6.07) is -13.9. The lowest BCUT2D eigenvalue weighted by Crippen LogP contribution is -2.61. The first kappa shape index (κ1) is 131. The van der Waals surface area contributed by atoms with Gasteiger partial charge in [-0.1, -0.05) is 222 Å². The average molecular weight is 2050 g/mol. The highest BCUT2D eigenvalue weighted by atomic mass is 16.2. The number of unbranched alkanes of at least 4 members (excludes halogenated alkanes) is 29. The zero-order valence-electron chi connectivity index (χ0n) is 90.1. The second-order valence-corrected chi connectivity index (χ2v) is 40.6. The number of nitrogens with two attached hydrogens (primary N) is 9. The predicted molar refractivity (Wildman–Crippen MR) is 572 cm³/mol. The van der Waals surface area contributed by atoms with Gasteiger partial charge in [0, 0.05) is 65.1 Å². The van der Waals surface area contributed by atoms with Gasteiger partial charge in [-0.2, -0.15) is 0 Å². The van der Waals surface area contributed by atoms with Crippen LogP contribution in [-0.4, -0.2) is 248 Å². The van der Waals surface area contributed by atoms with E-state index in [1.165, 1.54) is 139 Å². The smallest absolute Gasteiger partial charge is 0.246 e. The molecule has 2 fully saturated rings. The number of carbonyl (C=O) groups is 15. The Balaban J connectivity index is 2.29. The van der Waals surface area contributed by atoms with Crippen LogP contribution < -0.4 is 115 Å². The van der Waals surface area contributed by atoms with Gasteiger partial charge >= 0.3 is 0 Å². The first-order valence-electron chi connectivity index (χ1n) is 55.5. The van der Waals surface area contributed by atoms with Crippen LogP contribution in [0.5, 0.6) is 0 Å². The maximum Gasteiger partial charge on any atom is 0.246 e. The quantitative estimate of drug-likeness (QED) is 0.0177. The minimum absolute atomic E-state index is 0.00741. The number of primary amides is 1. The molecular formula is C104H196N26O15. The number of guanidine groups is 3. The van der Waals surface area contributed by atoms with E-state index in [0.717, 1.165) is 38.5 Å². The topological polar surface area (TPSA) is 678 Å². The summed E-state index contributed by atoms with van der Waals surface area (Å²) < 4.78 is 0. The maximum atomic E-state index is 14.8. The molecule has 0 saturated carbocycles. The second kappa shape index (κ2) is 79.9. The summed E-state index contributed by atoms with van der Waals surface area (Å²) in [7, 11) is 0. The van der Waals surface area contributed by atoms with Gasteiger partial charge in [0.2, 0.25) is 88.6 Å². The molecule has 0 aliphatic carbocycles. The van der Waals surface area contributed by atoms with Gasteiger partial charge in [0.1, 0.15) is 72.5 Å². The molecule has 3 unspecified atom stereocenters. The molecule has 0 aromatic heterocycles. The molecule has 41 nitrogen and oxygen atoms in total.